The van der Waals surface area contributed by atoms with Crippen LogP contribution in [0.2, 0.25) is 0 Å². The van der Waals surface area contributed by atoms with Crippen LogP contribution in [0, 0.1) is 5.92 Å². The Kier molecular flexibility index (Phi) is 3.09. The Morgan fingerprint density at radius 2 is 2.25 bits per heavy atom. The van der Waals surface area contributed by atoms with Gasteiger partial charge < -0.3 is 11.1 Å². The number of rotatable bonds is 3. The third-order valence-corrected chi connectivity index (χ3v) is 2.50. The molecule has 0 unspecified atom stereocenters. The van der Waals surface area contributed by atoms with Gasteiger partial charge in [-0.2, -0.15) is 0 Å². The second-order valence-electron chi connectivity index (χ2n) is 3.80. The van der Waals surface area contributed by atoms with Crippen molar-refractivity contribution in [1.29, 1.82) is 0 Å². The minimum atomic E-state index is -0.319. The number of amides is 1. The molecule has 3 N–H and O–H groups in total. The van der Waals surface area contributed by atoms with E-state index in [2.05, 4.69) is 12.2 Å². The summed E-state index contributed by atoms with van der Waals surface area (Å²) >= 11 is 0. The molecule has 0 aliphatic heterocycles. The van der Waals surface area contributed by atoms with Crippen LogP contribution in [0.3, 0.4) is 0 Å². The third-order valence-electron chi connectivity index (χ3n) is 2.50. The van der Waals surface area contributed by atoms with Crippen molar-refractivity contribution in [2.24, 2.45) is 11.7 Å². The molecule has 1 amide bonds. The Balaban J connectivity index is 2.18. The zero-order valence-electron chi connectivity index (χ0n) is 7.84. The molecule has 0 aromatic rings. The lowest BCUT2D eigenvalue weighted by Gasteiger charge is -2.33. The molecule has 0 aromatic carbocycles. The van der Waals surface area contributed by atoms with Crippen LogP contribution in [-0.4, -0.2) is 18.0 Å². The molecule has 0 bridgehead atoms. The number of hydrogen-bond donors (Lipinski definition) is 2. The summed E-state index contributed by atoms with van der Waals surface area (Å²) < 4.78 is 0. The van der Waals surface area contributed by atoms with Crippen molar-refractivity contribution in [3.8, 4) is 0 Å². The maximum atomic E-state index is 11.2. The number of carbonyl (C=O) groups is 1. The first-order chi connectivity index (χ1) is 5.63. The Bertz CT molecular complexity index is 164. The van der Waals surface area contributed by atoms with E-state index >= 15 is 0 Å². The topological polar surface area (TPSA) is 55.1 Å². The first-order valence-corrected chi connectivity index (χ1v) is 4.69. The normalized spacial score (nSPS) is 30.6. The summed E-state index contributed by atoms with van der Waals surface area (Å²) in [6, 6.07) is 0.0750. The maximum Gasteiger partial charge on any atom is 0.237 e. The molecule has 1 saturated carbocycles. The third kappa shape index (κ3) is 2.21. The van der Waals surface area contributed by atoms with Crippen molar-refractivity contribution in [2.75, 3.05) is 0 Å². The molecule has 3 heteroatoms. The van der Waals surface area contributed by atoms with Crippen LogP contribution in [-0.2, 0) is 4.79 Å². The molecular weight excluding hydrogens is 152 g/mol. The van der Waals surface area contributed by atoms with E-state index in [9.17, 15) is 4.79 Å². The summed E-state index contributed by atoms with van der Waals surface area (Å²) in [5, 5.41) is 2.93. The van der Waals surface area contributed by atoms with Gasteiger partial charge in [0.1, 0.15) is 0 Å². The fourth-order valence-electron chi connectivity index (χ4n) is 1.51. The second kappa shape index (κ2) is 3.90. The van der Waals surface area contributed by atoms with Crippen LogP contribution in [0.4, 0.5) is 0 Å². The van der Waals surface area contributed by atoms with Gasteiger partial charge in [-0.1, -0.05) is 13.8 Å². The van der Waals surface area contributed by atoms with Crippen molar-refractivity contribution in [2.45, 2.75) is 45.2 Å². The fraction of sp³-hybridized carbons (Fsp3) is 0.889. The van der Waals surface area contributed by atoms with Gasteiger partial charge in [-0.15, -0.1) is 0 Å². The van der Waals surface area contributed by atoms with Gasteiger partial charge in [-0.3, -0.25) is 4.79 Å². The van der Waals surface area contributed by atoms with Crippen molar-refractivity contribution < 1.29 is 4.79 Å². The molecule has 0 aromatic heterocycles. The second-order valence-corrected chi connectivity index (χ2v) is 3.80. The van der Waals surface area contributed by atoms with E-state index in [1.807, 2.05) is 6.92 Å². The number of carbonyl (C=O) groups excluding carboxylic acids is 1. The van der Waals surface area contributed by atoms with Crippen molar-refractivity contribution in [1.82, 2.24) is 5.32 Å². The monoisotopic (exact) mass is 170 g/mol. The highest BCUT2D eigenvalue weighted by Crippen LogP contribution is 2.26. The molecule has 0 radical (unpaired) electrons. The van der Waals surface area contributed by atoms with Gasteiger partial charge in [-0.25, -0.2) is 0 Å². The zero-order chi connectivity index (χ0) is 9.14. The van der Waals surface area contributed by atoms with Gasteiger partial charge in [0.25, 0.3) is 0 Å². The average Bonchev–Trinajstić information content (AvgIpc) is 2.00. The molecule has 1 atom stereocenters. The van der Waals surface area contributed by atoms with Crippen LogP contribution in [0.1, 0.15) is 33.1 Å². The molecular formula is C9H18N2O. The summed E-state index contributed by atoms with van der Waals surface area (Å²) in [7, 11) is 0. The summed E-state index contributed by atoms with van der Waals surface area (Å²) in [4.78, 5) is 11.2. The molecule has 12 heavy (non-hydrogen) atoms. The standard InChI is InChI=1S/C9H18N2O/c1-3-8(10)9(12)11-7-4-6(2)5-7/h6-8H,3-5,10H2,1-2H3,(H,11,12)/t6?,7?,8-/m1/s1. The van der Waals surface area contributed by atoms with Gasteiger partial charge >= 0.3 is 0 Å². The highest BCUT2D eigenvalue weighted by atomic mass is 16.2. The molecule has 0 heterocycles. The van der Waals surface area contributed by atoms with Crippen molar-refractivity contribution in [3.05, 3.63) is 0 Å². The van der Waals surface area contributed by atoms with Gasteiger partial charge in [-0.05, 0) is 25.2 Å². The largest absolute Gasteiger partial charge is 0.352 e. The van der Waals surface area contributed by atoms with Gasteiger partial charge in [0.2, 0.25) is 5.91 Å². The minimum Gasteiger partial charge on any atom is -0.352 e. The maximum absolute atomic E-state index is 11.2. The van der Waals surface area contributed by atoms with E-state index in [-0.39, 0.29) is 11.9 Å². The van der Waals surface area contributed by atoms with E-state index < -0.39 is 0 Å². The van der Waals surface area contributed by atoms with Crippen LogP contribution in [0.25, 0.3) is 0 Å². The molecule has 1 rings (SSSR count). The van der Waals surface area contributed by atoms with Gasteiger partial charge in [0.05, 0.1) is 6.04 Å². The van der Waals surface area contributed by atoms with Crippen LogP contribution in [0.5, 0.6) is 0 Å². The van der Waals surface area contributed by atoms with Gasteiger partial charge in [0, 0.05) is 6.04 Å². The number of hydrogen-bond acceptors (Lipinski definition) is 2. The van der Waals surface area contributed by atoms with Crippen LogP contribution >= 0.6 is 0 Å². The van der Waals surface area contributed by atoms with Crippen LogP contribution in [0.15, 0.2) is 0 Å². The SMILES string of the molecule is CC[C@@H](N)C(=O)NC1CC(C)C1. The lowest BCUT2D eigenvalue weighted by Crippen LogP contribution is -2.49. The number of nitrogens with two attached hydrogens (primary N) is 1. The quantitative estimate of drug-likeness (QED) is 0.653. The van der Waals surface area contributed by atoms with E-state index in [0.717, 1.165) is 18.8 Å². The molecule has 1 aliphatic rings. The van der Waals surface area contributed by atoms with Gasteiger partial charge in [0.15, 0.2) is 0 Å². The first kappa shape index (κ1) is 9.52. The average molecular weight is 170 g/mol. The van der Waals surface area contributed by atoms with Crippen molar-refractivity contribution in [3.63, 3.8) is 0 Å². The predicted octanol–water partition coefficient (Wildman–Crippen LogP) is 0.638. The predicted molar refractivity (Wildman–Crippen MR) is 48.6 cm³/mol. The Morgan fingerprint density at radius 1 is 1.67 bits per heavy atom. The molecule has 1 aliphatic carbocycles. The molecule has 0 spiro atoms. The lowest BCUT2D eigenvalue weighted by atomic mass is 9.82. The smallest absolute Gasteiger partial charge is 0.237 e. The Labute approximate surface area is 73.7 Å². The summed E-state index contributed by atoms with van der Waals surface area (Å²) in [6.07, 6.45) is 2.94. The summed E-state index contributed by atoms with van der Waals surface area (Å²) in [5.74, 6) is 0.780. The molecule has 0 saturated heterocycles. The molecule has 1 fully saturated rings. The fourth-order valence-corrected chi connectivity index (χ4v) is 1.51. The lowest BCUT2D eigenvalue weighted by molar-refractivity contribution is -0.123. The highest BCUT2D eigenvalue weighted by Gasteiger charge is 2.27. The molecule has 70 valence electrons. The minimum absolute atomic E-state index is 0.00870. The van der Waals surface area contributed by atoms with Crippen LogP contribution < -0.4 is 11.1 Å². The van der Waals surface area contributed by atoms with E-state index in [1.54, 1.807) is 0 Å². The van der Waals surface area contributed by atoms with Crippen molar-refractivity contribution >= 4 is 5.91 Å². The number of nitrogens with one attached hydrogen (secondary N) is 1. The summed E-state index contributed by atoms with van der Waals surface area (Å²) in [6.45, 7) is 4.12. The van der Waals surface area contributed by atoms with E-state index in [4.69, 9.17) is 5.73 Å². The Morgan fingerprint density at radius 3 is 2.67 bits per heavy atom. The van der Waals surface area contributed by atoms with E-state index in [0.29, 0.717) is 12.5 Å². The first-order valence-electron chi connectivity index (χ1n) is 4.69. The zero-order valence-corrected chi connectivity index (χ0v) is 7.84. The summed E-state index contributed by atoms with van der Waals surface area (Å²) in [5.41, 5.74) is 5.57. The molecule has 3 nitrogen and oxygen atoms in total. The van der Waals surface area contributed by atoms with E-state index in [1.165, 1.54) is 0 Å². The Hall–Kier alpha value is -0.570. The highest BCUT2D eigenvalue weighted by molar-refractivity contribution is 5.81.